The maximum atomic E-state index is 14.4. The van der Waals surface area contributed by atoms with E-state index in [2.05, 4.69) is 5.32 Å². The van der Waals surface area contributed by atoms with Crippen LogP contribution in [0.3, 0.4) is 0 Å². The number of anilines is 2. The predicted molar refractivity (Wildman–Crippen MR) is 88.0 cm³/mol. The number of nitrogens with one attached hydrogen (secondary N) is 1. The zero-order chi connectivity index (χ0) is 16.7. The molecule has 4 rings (SSSR count). The van der Waals surface area contributed by atoms with Crippen LogP contribution in [-0.4, -0.2) is 62.0 Å². The smallest absolute Gasteiger partial charge is 0.407 e. The zero-order valence-electron chi connectivity index (χ0n) is 13.4. The number of hydrogen-bond acceptors (Lipinski definition) is 4. The number of piperidine rings is 1. The van der Waals surface area contributed by atoms with Crippen molar-refractivity contribution in [3.63, 3.8) is 0 Å². The van der Waals surface area contributed by atoms with E-state index in [0.717, 1.165) is 25.3 Å². The molecule has 24 heavy (non-hydrogen) atoms. The van der Waals surface area contributed by atoms with Crippen LogP contribution in [0.25, 0.3) is 0 Å². The summed E-state index contributed by atoms with van der Waals surface area (Å²) in [7, 11) is 0. The number of hydrogen-bond donors (Lipinski definition) is 2. The van der Waals surface area contributed by atoms with E-state index in [0.29, 0.717) is 49.7 Å². The summed E-state index contributed by atoms with van der Waals surface area (Å²) in [5, 5.41) is 12.3. The Bertz CT molecular complexity index is 624. The third-order valence-corrected chi connectivity index (χ3v) is 5.48. The Morgan fingerprint density at radius 3 is 2.62 bits per heavy atom. The molecule has 6 nitrogen and oxygen atoms in total. The standard InChI is InChI=1S/C17H22FN3O3/c18-15-7-11(1-2-16(15)20-3-5-24-6-4-20)19-8-12-13-9-21(17(22)23)10-14(12)13/h1-2,7,12-14,19H,3-6,8-10H2,(H,22,23). The van der Waals surface area contributed by atoms with Gasteiger partial charge in [-0.2, -0.15) is 0 Å². The summed E-state index contributed by atoms with van der Waals surface area (Å²) in [6.45, 7) is 4.76. The third-order valence-electron chi connectivity index (χ3n) is 5.48. The van der Waals surface area contributed by atoms with Crippen molar-refractivity contribution in [3.8, 4) is 0 Å². The topological polar surface area (TPSA) is 65.0 Å². The molecule has 2 atom stereocenters. The lowest BCUT2D eigenvalue weighted by molar-refractivity contribution is 0.122. The Balaban J connectivity index is 1.30. The average Bonchev–Trinajstić information content (AvgIpc) is 3.02. The highest BCUT2D eigenvalue weighted by molar-refractivity contribution is 5.66. The van der Waals surface area contributed by atoms with Crippen molar-refractivity contribution in [1.29, 1.82) is 0 Å². The first-order valence-electron chi connectivity index (χ1n) is 8.47. The minimum absolute atomic E-state index is 0.213. The molecule has 0 bridgehead atoms. The number of halogens is 1. The van der Waals surface area contributed by atoms with Crippen molar-refractivity contribution < 1.29 is 19.0 Å². The van der Waals surface area contributed by atoms with Gasteiger partial charge in [0.2, 0.25) is 0 Å². The number of fused-ring (bicyclic) bond motifs is 1. The van der Waals surface area contributed by atoms with Crippen molar-refractivity contribution in [2.45, 2.75) is 0 Å². The summed E-state index contributed by atoms with van der Waals surface area (Å²) in [6.07, 6.45) is -0.824. The molecule has 2 saturated heterocycles. The number of benzene rings is 1. The number of nitrogens with zero attached hydrogens (tertiary/aromatic N) is 2. The molecule has 0 radical (unpaired) electrons. The largest absolute Gasteiger partial charge is 0.465 e. The molecule has 0 aromatic heterocycles. The normalized spacial score (nSPS) is 28.6. The monoisotopic (exact) mass is 335 g/mol. The van der Waals surface area contributed by atoms with Gasteiger partial charge in [-0.3, -0.25) is 0 Å². The number of morpholine rings is 1. The van der Waals surface area contributed by atoms with E-state index in [1.807, 2.05) is 17.0 Å². The quantitative estimate of drug-likeness (QED) is 0.880. The number of ether oxygens (including phenoxy) is 1. The molecule has 0 spiro atoms. The molecule has 2 heterocycles. The van der Waals surface area contributed by atoms with Gasteiger partial charge in [-0.15, -0.1) is 0 Å². The lowest BCUT2D eigenvalue weighted by atomic mass is 10.2. The molecule has 3 aliphatic rings. The molecular formula is C17H22FN3O3. The summed E-state index contributed by atoms with van der Waals surface area (Å²) < 4.78 is 19.6. The summed E-state index contributed by atoms with van der Waals surface area (Å²) in [5.41, 5.74) is 1.41. The molecule has 1 aliphatic carbocycles. The van der Waals surface area contributed by atoms with Gasteiger partial charge in [-0.1, -0.05) is 0 Å². The summed E-state index contributed by atoms with van der Waals surface area (Å²) in [6, 6.07) is 5.28. The van der Waals surface area contributed by atoms with Gasteiger partial charge in [0.05, 0.1) is 18.9 Å². The highest BCUT2D eigenvalue weighted by Crippen LogP contribution is 2.51. The second-order valence-electron chi connectivity index (χ2n) is 6.83. The van der Waals surface area contributed by atoms with Crippen LogP contribution in [-0.2, 0) is 4.74 Å². The lowest BCUT2D eigenvalue weighted by Crippen LogP contribution is -2.36. The minimum Gasteiger partial charge on any atom is -0.465 e. The maximum absolute atomic E-state index is 14.4. The van der Waals surface area contributed by atoms with Crippen molar-refractivity contribution in [1.82, 2.24) is 4.90 Å². The summed E-state index contributed by atoms with van der Waals surface area (Å²) in [5.74, 6) is 1.22. The van der Waals surface area contributed by atoms with Crippen LogP contribution >= 0.6 is 0 Å². The number of amides is 1. The first-order valence-corrected chi connectivity index (χ1v) is 8.47. The number of carbonyl (C=O) groups is 1. The first kappa shape index (κ1) is 15.5. The molecule has 1 aromatic carbocycles. The predicted octanol–water partition coefficient (Wildman–Crippen LogP) is 1.93. The molecule has 130 valence electrons. The first-order chi connectivity index (χ1) is 11.6. The van der Waals surface area contributed by atoms with Crippen LogP contribution in [0.2, 0.25) is 0 Å². The van der Waals surface area contributed by atoms with Gasteiger partial charge in [0.25, 0.3) is 0 Å². The second-order valence-corrected chi connectivity index (χ2v) is 6.83. The zero-order valence-corrected chi connectivity index (χ0v) is 13.4. The summed E-state index contributed by atoms with van der Waals surface area (Å²) >= 11 is 0. The van der Waals surface area contributed by atoms with Crippen molar-refractivity contribution in [2.24, 2.45) is 17.8 Å². The Kier molecular flexibility index (Phi) is 3.96. The van der Waals surface area contributed by atoms with E-state index in [9.17, 15) is 9.18 Å². The van der Waals surface area contributed by atoms with Crippen LogP contribution in [0.5, 0.6) is 0 Å². The molecule has 1 amide bonds. The number of carboxylic acid groups (broad SMARTS) is 1. The van der Waals surface area contributed by atoms with Gasteiger partial charge in [0, 0.05) is 38.4 Å². The molecule has 2 aliphatic heterocycles. The number of likely N-dealkylation sites (tertiary alicyclic amines) is 1. The maximum Gasteiger partial charge on any atom is 0.407 e. The van der Waals surface area contributed by atoms with Gasteiger partial charge in [-0.25, -0.2) is 9.18 Å². The highest BCUT2D eigenvalue weighted by Gasteiger charge is 2.56. The van der Waals surface area contributed by atoms with Gasteiger partial charge in [0.15, 0.2) is 0 Å². The minimum atomic E-state index is -0.824. The van der Waals surface area contributed by atoms with Crippen LogP contribution in [0.4, 0.5) is 20.6 Å². The third kappa shape index (κ3) is 2.88. The molecule has 1 aromatic rings. The second kappa shape index (κ2) is 6.12. The molecule has 7 heteroatoms. The summed E-state index contributed by atoms with van der Waals surface area (Å²) in [4.78, 5) is 14.4. The van der Waals surface area contributed by atoms with Crippen molar-refractivity contribution in [2.75, 3.05) is 56.2 Å². The lowest BCUT2D eigenvalue weighted by Gasteiger charge is -2.29. The molecule has 2 N–H and O–H groups in total. The van der Waals surface area contributed by atoms with Crippen LogP contribution in [0.15, 0.2) is 18.2 Å². The van der Waals surface area contributed by atoms with E-state index in [1.165, 1.54) is 4.90 Å². The van der Waals surface area contributed by atoms with Gasteiger partial charge < -0.3 is 25.0 Å². The van der Waals surface area contributed by atoms with Crippen LogP contribution in [0, 0.1) is 23.6 Å². The Morgan fingerprint density at radius 2 is 2.00 bits per heavy atom. The fourth-order valence-corrected chi connectivity index (χ4v) is 4.02. The van der Waals surface area contributed by atoms with E-state index in [4.69, 9.17) is 9.84 Å². The fraction of sp³-hybridized carbons (Fsp3) is 0.588. The Labute approximate surface area is 140 Å². The molecular weight excluding hydrogens is 313 g/mol. The van der Waals surface area contributed by atoms with Gasteiger partial charge >= 0.3 is 6.09 Å². The van der Waals surface area contributed by atoms with Gasteiger partial charge in [-0.05, 0) is 36.0 Å². The van der Waals surface area contributed by atoms with Gasteiger partial charge in [0.1, 0.15) is 5.82 Å². The van der Waals surface area contributed by atoms with Crippen LogP contribution in [0.1, 0.15) is 0 Å². The van der Waals surface area contributed by atoms with E-state index >= 15 is 0 Å². The van der Waals surface area contributed by atoms with E-state index < -0.39 is 6.09 Å². The molecule has 1 saturated carbocycles. The SMILES string of the molecule is O=C(O)N1CC2C(CNc3ccc(N4CCOCC4)c(F)c3)C2C1. The fourth-order valence-electron chi connectivity index (χ4n) is 4.02. The van der Waals surface area contributed by atoms with Crippen LogP contribution < -0.4 is 10.2 Å². The molecule has 3 fully saturated rings. The Hall–Kier alpha value is -2.02. The highest BCUT2D eigenvalue weighted by atomic mass is 19.1. The molecule has 2 unspecified atom stereocenters. The van der Waals surface area contributed by atoms with E-state index in [1.54, 1.807) is 6.07 Å². The average molecular weight is 335 g/mol. The van der Waals surface area contributed by atoms with Crippen molar-refractivity contribution in [3.05, 3.63) is 24.0 Å². The Morgan fingerprint density at radius 1 is 1.29 bits per heavy atom. The van der Waals surface area contributed by atoms with E-state index in [-0.39, 0.29) is 5.82 Å². The number of rotatable bonds is 4. The van der Waals surface area contributed by atoms with Crippen molar-refractivity contribution >= 4 is 17.5 Å².